The lowest BCUT2D eigenvalue weighted by molar-refractivity contribution is 0.191. The summed E-state index contributed by atoms with van der Waals surface area (Å²) in [5.41, 5.74) is 1.41. The molecule has 0 radical (unpaired) electrons. The highest BCUT2D eigenvalue weighted by molar-refractivity contribution is 9.10. The summed E-state index contributed by atoms with van der Waals surface area (Å²) >= 11 is 7.06. The molecular weight excluding hydrogens is 332 g/mol. The average molecular weight is 350 g/mol. The standard InChI is InChI=1S/C13H18Br2O/c1-16-9-3-2-4-12(10-14)11-5-7-13(15)8-6-11/h5-8,12H,2-4,9-10H2,1H3. The molecule has 0 bridgehead atoms. The van der Waals surface area contributed by atoms with Gasteiger partial charge in [0.25, 0.3) is 0 Å². The third-order valence-electron chi connectivity index (χ3n) is 2.68. The number of rotatable bonds is 7. The summed E-state index contributed by atoms with van der Waals surface area (Å²) in [4.78, 5) is 0. The maximum Gasteiger partial charge on any atom is 0.0462 e. The molecule has 1 atom stereocenters. The van der Waals surface area contributed by atoms with Gasteiger partial charge < -0.3 is 4.74 Å². The number of ether oxygens (including phenoxy) is 1. The molecule has 0 aliphatic carbocycles. The van der Waals surface area contributed by atoms with E-state index in [4.69, 9.17) is 4.74 Å². The van der Waals surface area contributed by atoms with Crippen molar-refractivity contribution in [1.82, 2.24) is 0 Å². The van der Waals surface area contributed by atoms with Crippen molar-refractivity contribution >= 4 is 31.9 Å². The van der Waals surface area contributed by atoms with Gasteiger partial charge in [0.1, 0.15) is 0 Å². The van der Waals surface area contributed by atoms with Gasteiger partial charge in [-0.3, -0.25) is 0 Å². The Labute approximate surface area is 115 Å². The molecule has 1 nitrogen and oxygen atoms in total. The summed E-state index contributed by atoms with van der Waals surface area (Å²) in [5.74, 6) is 0.616. The highest BCUT2D eigenvalue weighted by Gasteiger charge is 2.09. The van der Waals surface area contributed by atoms with Crippen LogP contribution >= 0.6 is 31.9 Å². The fourth-order valence-corrected chi connectivity index (χ4v) is 2.67. The first-order chi connectivity index (χ1) is 7.77. The molecule has 16 heavy (non-hydrogen) atoms. The second-order valence-electron chi connectivity index (χ2n) is 3.89. The van der Waals surface area contributed by atoms with E-state index in [0.717, 1.165) is 22.8 Å². The van der Waals surface area contributed by atoms with Gasteiger partial charge in [0.2, 0.25) is 0 Å². The number of benzene rings is 1. The van der Waals surface area contributed by atoms with Crippen LogP contribution in [0.2, 0.25) is 0 Å². The molecule has 0 amide bonds. The van der Waals surface area contributed by atoms with Crippen LogP contribution in [0.1, 0.15) is 30.7 Å². The molecule has 1 aromatic carbocycles. The highest BCUT2D eigenvalue weighted by Crippen LogP contribution is 2.25. The first kappa shape index (κ1) is 14.2. The lowest BCUT2D eigenvalue weighted by Crippen LogP contribution is -2.01. The van der Waals surface area contributed by atoms with E-state index < -0.39 is 0 Å². The first-order valence-electron chi connectivity index (χ1n) is 5.58. The Hall–Kier alpha value is 0.140. The maximum absolute atomic E-state index is 5.06. The summed E-state index contributed by atoms with van der Waals surface area (Å²) in [6, 6.07) is 8.62. The van der Waals surface area contributed by atoms with Crippen LogP contribution in [0, 0.1) is 0 Å². The zero-order chi connectivity index (χ0) is 11.8. The predicted octanol–water partition coefficient (Wildman–Crippen LogP) is 4.74. The molecule has 0 saturated heterocycles. The van der Waals surface area contributed by atoms with Crippen molar-refractivity contribution in [2.45, 2.75) is 25.2 Å². The topological polar surface area (TPSA) is 9.23 Å². The Kier molecular flexibility index (Phi) is 7.33. The third kappa shape index (κ3) is 4.98. The zero-order valence-electron chi connectivity index (χ0n) is 9.59. The van der Waals surface area contributed by atoms with E-state index in [1.54, 1.807) is 7.11 Å². The normalized spacial score (nSPS) is 12.7. The van der Waals surface area contributed by atoms with Gasteiger partial charge >= 0.3 is 0 Å². The minimum atomic E-state index is 0.616. The van der Waals surface area contributed by atoms with E-state index in [1.807, 2.05) is 0 Å². The Morgan fingerprint density at radius 2 is 1.88 bits per heavy atom. The van der Waals surface area contributed by atoms with Crippen LogP contribution in [0.3, 0.4) is 0 Å². The number of halogens is 2. The van der Waals surface area contributed by atoms with Crippen LogP contribution < -0.4 is 0 Å². The van der Waals surface area contributed by atoms with E-state index in [9.17, 15) is 0 Å². The van der Waals surface area contributed by atoms with E-state index in [1.165, 1.54) is 18.4 Å². The quantitative estimate of drug-likeness (QED) is 0.510. The molecule has 90 valence electrons. The number of hydrogen-bond acceptors (Lipinski definition) is 1. The molecular formula is C13H18Br2O. The molecule has 1 rings (SSSR count). The van der Waals surface area contributed by atoms with Gasteiger partial charge in [0.15, 0.2) is 0 Å². The van der Waals surface area contributed by atoms with Gasteiger partial charge in [-0.25, -0.2) is 0 Å². The maximum atomic E-state index is 5.06. The molecule has 1 unspecified atom stereocenters. The summed E-state index contributed by atoms with van der Waals surface area (Å²) in [7, 11) is 1.76. The number of hydrogen-bond donors (Lipinski definition) is 0. The SMILES string of the molecule is COCCCCC(CBr)c1ccc(Br)cc1. The molecule has 0 spiro atoms. The van der Waals surface area contributed by atoms with Crippen LogP contribution in [0.15, 0.2) is 28.7 Å². The van der Waals surface area contributed by atoms with Gasteiger partial charge in [0.05, 0.1) is 0 Å². The van der Waals surface area contributed by atoms with E-state index in [0.29, 0.717) is 5.92 Å². The van der Waals surface area contributed by atoms with E-state index in [2.05, 4.69) is 56.1 Å². The summed E-state index contributed by atoms with van der Waals surface area (Å²) in [6.07, 6.45) is 3.59. The average Bonchev–Trinajstić information content (AvgIpc) is 2.31. The first-order valence-corrected chi connectivity index (χ1v) is 7.49. The molecule has 0 aromatic heterocycles. The van der Waals surface area contributed by atoms with Gasteiger partial charge in [-0.2, -0.15) is 0 Å². The molecule has 0 saturated carbocycles. The third-order valence-corrected chi connectivity index (χ3v) is 3.99. The van der Waals surface area contributed by atoms with Crippen molar-refractivity contribution in [2.75, 3.05) is 19.0 Å². The van der Waals surface area contributed by atoms with Crippen LogP contribution in [-0.4, -0.2) is 19.0 Å². The minimum Gasteiger partial charge on any atom is -0.385 e. The van der Waals surface area contributed by atoms with Crippen molar-refractivity contribution in [3.8, 4) is 0 Å². The largest absolute Gasteiger partial charge is 0.385 e. The van der Waals surface area contributed by atoms with Gasteiger partial charge in [-0.05, 0) is 36.5 Å². The Balaban J connectivity index is 2.44. The van der Waals surface area contributed by atoms with Crippen molar-refractivity contribution in [3.05, 3.63) is 34.3 Å². The molecule has 0 aliphatic rings. The van der Waals surface area contributed by atoms with Crippen molar-refractivity contribution < 1.29 is 4.74 Å². The zero-order valence-corrected chi connectivity index (χ0v) is 12.8. The smallest absolute Gasteiger partial charge is 0.0462 e. The molecule has 0 fully saturated rings. The van der Waals surface area contributed by atoms with Gasteiger partial charge in [0, 0.05) is 23.5 Å². The van der Waals surface area contributed by atoms with Crippen LogP contribution in [-0.2, 0) is 4.74 Å². The fraction of sp³-hybridized carbons (Fsp3) is 0.538. The highest BCUT2D eigenvalue weighted by atomic mass is 79.9. The molecule has 1 aromatic rings. The molecule has 0 N–H and O–H groups in total. The van der Waals surface area contributed by atoms with E-state index >= 15 is 0 Å². The summed E-state index contributed by atoms with van der Waals surface area (Å²) < 4.78 is 6.20. The molecule has 0 aliphatic heterocycles. The second-order valence-corrected chi connectivity index (χ2v) is 5.45. The van der Waals surface area contributed by atoms with Crippen LogP contribution in [0.25, 0.3) is 0 Å². The van der Waals surface area contributed by atoms with Crippen molar-refractivity contribution in [3.63, 3.8) is 0 Å². The van der Waals surface area contributed by atoms with Gasteiger partial charge in [-0.15, -0.1) is 0 Å². The number of methoxy groups -OCH3 is 1. The predicted molar refractivity (Wildman–Crippen MR) is 76.4 cm³/mol. The lowest BCUT2D eigenvalue weighted by Gasteiger charge is -2.14. The summed E-state index contributed by atoms with van der Waals surface area (Å²) in [5, 5.41) is 1.03. The Morgan fingerprint density at radius 1 is 1.19 bits per heavy atom. The van der Waals surface area contributed by atoms with Crippen LogP contribution in [0.4, 0.5) is 0 Å². The van der Waals surface area contributed by atoms with Gasteiger partial charge in [-0.1, -0.05) is 50.4 Å². The Bertz CT molecular complexity index is 284. The monoisotopic (exact) mass is 348 g/mol. The molecule has 3 heteroatoms. The number of unbranched alkanes of at least 4 members (excludes halogenated alkanes) is 1. The fourth-order valence-electron chi connectivity index (χ4n) is 1.70. The van der Waals surface area contributed by atoms with Crippen molar-refractivity contribution in [2.24, 2.45) is 0 Å². The Morgan fingerprint density at radius 3 is 2.44 bits per heavy atom. The van der Waals surface area contributed by atoms with E-state index in [-0.39, 0.29) is 0 Å². The summed E-state index contributed by atoms with van der Waals surface area (Å²) in [6.45, 7) is 0.870. The molecule has 0 heterocycles. The second kappa shape index (κ2) is 8.26. The van der Waals surface area contributed by atoms with Crippen LogP contribution in [0.5, 0.6) is 0 Å². The lowest BCUT2D eigenvalue weighted by atomic mass is 9.96. The number of alkyl halides is 1. The minimum absolute atomic E-state index is 0.616. The van der Waals surface area contributed by atoms with Crippen molar-refractivity contribution in [1.29, 1.82) is 0 Å².